The highest BCUT2D eigenvalue weighted by Gasteiger charge is 2.14. The van der Waals surface area contributed by atoms with Gasteiger partial charge in [0, 0.05) is 26.7 Å². The summed E-state index contributed by atoms with van der Waals surface area (Å²) in [6, 6.07) is 19.3. The molecule has 2 rings (SSSR count). The number of rotatable bonds is 8. The molecule has 0 aliphatic heterocycles. The first-order valence-corrected chi connectivity index (χ1v) is 7.66. The van der Waals surface area contributed by atoms with Crippen molar-refractivity contribution >= 4 is 0 Å². The van der Waals surface area contributed by atoms with Crippen LogP contribution in [0, 0.1) is 11.3 Å². The average Bonchev–Trinajstić information content (AvgIpc) is 2.61. The van der Waals surface area contributed by atoms with E-state index in [1.807, 2.05) is 54.6 Å². The summed E-state index contributed by atoms with van der Waals surface area (Å²) in [5.74, 6) is 0. The fourth-order valence-corrected chi connectivity index (χ4v) is 2.42. The summed E-state index contributed by atoms with van der Waals surface area (Å²) in [6.45, 7) is 2.59. The third-order valence-electron chi connectivity index (χ3n) is 3.72. The predicted molar refractivity (Wildman–Crippen MR) is 89.7 cm³/mol. The average molecular weight is 310 g/mol. The van der Waals surface area contributed by atoms with E-state index in [0.29, 0.717) is 25.3 Å². The minimum absolute atomic E-state index is 0.535. The van der Waals surface area contributed by atoms with Crippen LogP contribution >= 0.6 is 0 Å². The van der Waals surface area contributed by atoms with Gasteiger partial charge in [0.1, 0.15) is 0 Å². The fraction of sp³-hybridized carbons (Fsp3) is 0.316. The van der Waals surface area contributed by atoms with E-state index in [-0.39, 0.29) is 0 Å². The molecule has 0 saturated carbocycles. The summed E-state index contributed by atoms with van der Waals surface area (Å²) in [6.07, 6.45) is -0.536. The van der Waals surface area contributed by atoms with Gasteiger partial charge in [-0.2, -0.15) is 5.26 Å². The van der Waals surface area contributed by atoms with Crippen LogP contribution in [0.4, 0.5) is 0 Å². The molecule has 0 heterocycles. The Morgan fingerprint density at radius 2 is 1.83 bits per heavy atom. The molecule has 4 nitrogen and oxygen atoms in total. The maximum Gasteiger partial charge on any atom is 0.0991 e. The second-order valence-electron chi connectivity index (χ2n) is 5.46. The molecule has 1 N–H and O–H groups in total. The highest BCUT2D eigenvalue weighted by atomic mass is 16.5. The van der Waals surface area contributed by atoms with Crippen LogP contribution in [0.25, 0.3) is 0 Å². The van der Waals surface area contributed by atoms with Crippen molar-refractivity contribution in [2.45, 2.75) is 12.6 Å². The number of nitriles is 1. The van der Waals surface area contributed by atoms with Crippen molar-refractivity contribution in [2.75, 3.05) is 26.8 Å². The molecule has 1 unspecified atom stereocenters. The van der Waals surface area contributed by atoms with Crippen molar-refractivity contribution in [1.82, 2.24) is 4.90 Å². The van der Waals surface area contributed by atoms with Gasteiger partial charge in [0.15, 0.2) is 0 Å². The van der Waals surface area contributed by atoms with E-state index in [4.69, 9.17) is 10.00 Å². The van der Waals surface area contributed by atoms with Crippen LogP contribution in [-0.2, 0) is 11.3 Å². The second-order valence-corrected chi connectivity index (χ2v) is 5.46. The molecule has 0 spiro atoms. The van der Waals surface area contributed by atoms with Gasteiger partial charge in [0.05, 0.1) is 24.3 Å². The fourth-order valence-electron chi connectivity index (χ4n) is 2.42. The topological polar surface area (TPSA) is 56.5 Å². The maximum absolute atomic E-state index is 10.4. The molecule has 2 aromatic rings. The Hall–Kier alpha value is -2.19. The molecule has 0 aliphatic carbocycles. The molecule has 0 aromatic heterocycles. The SMILES string of the molecule is COCCN(Cc1ccc(C#N)cc1)CC(O)c1ccccc1. The van der Waals surface area contributed by atoms with Gasteiger partial charge in [-0.25, -0.2) is 0 Å². The Labute approximate surface area is 137 Å². The quantitative estimate of drug-likeness (QED) is 0.814. The summed E-state index contributed by atoms with van der Waals surface area (Å²) in [5, 5.41) is 19.3. The summed E-state index contributed by atoms with van der Waals surface area (Å²) < 4.78 is 5.17. The number of ether oxygens (including phenoxy) is 1. The molecule has 4 heteroatoms. The van der Waals surface area contributed by atoms with Gasteiger partial charge >= 0.3 is 0 Å². The number of methoxy groups -OCH3 is 1. The summed E-state index contributed by atoms with van der Waals surface area (Å²) in [4.78, 5) is 2.16. The van der Waals surface area contributed by atoms with E-state index < -0.39 is 6.10 Å². The van der Waals surface area contributed by atoms with E-state index in [1.54, 1.807) is 7.11 Å². The lowest BCUT2D eigenvalue weighted by atomic mass is 10.1. The highest BCUT2D eigenvalue weighted by Crippen LogP contribution is 2.15. The van der Waals surface area contributed by atoms with Crippen LogP contribution in [0.1, 0.15) is 22.8 Å². The lowest BCUT2D eigenvalue weighted by Crippen LogP contribution is -2.31. The van der Waals surface area contributed by atoms with Gasteiger partial charge in [0.25, 0.3) is 0 Å². The normalized spacial score (nSPS) is 12.1. The van der Waals surface area contributed by atoms with Gasteiger partial charge in [0.2, 0.25) is 0 Å². The van der Waals surface area contributed by atoms with Crippen molar-refractivity contribution < 1.29 is 9.84 Å². The third kappa shape index (κ3) is 5.50. The Balaban J connectivity index is 2.02. The molecule has 0 radical (unpaired) electrons. The number of aliphatic hydroxyl groups is 1. The Bertz CT molecular complexity index is 620. The second kappa shape index (κ2) is 9.06. The van der Waals surface area contributed by atoms with Crippen LogP contribution in [0.15, 0.2) is 54.6 Å². The van der Waals surface area contributed by atoms with E-state index in [1.165, 1.54) is 0 Å². The zero-order valence-electron chi connectivity index (χ0n) is 13.4. The minimum atomic E-state index is -0.536. The number of benzene rings is 2. The smallest absolute Gasteiger partial charge is 0.0991 e. The summed E-state index contributed by atoms with van der Waals surface area (Å²) >= 11 is 0. The first-order valence-electron chi connectivity index (χ1n) is 7.66. The van der Waals surface area contributed by atoms with Crippen molar-refractivity contribution in [3.63, 3.8) is 0 Å². The number of hydrogen-bond acceptors (Lipinski definition) is 4. The highest BCUT2D eigenvalue weighted by molar-refractivity contribution is 5.31. The summed E-state index contributed by atoms with van der Waals surface area (Å²) in [7, 11) is 1.67. The molecule has 1 atom stereocenters. The predicted octanol–water partition coefficient (Wildman–Crippen LogP) is 2.74. The third-order valence-corrected chi connectivity index (χ3v) is 3.72. The van der Waals surface area contributed by atoms with E-state index in [0.717, 1.165) is 17.7 Å². The Morgan fingerprint density at radius 3 is 2.43 bits per heavy atom. The molecule has 0 amide bonds. The van der Waals surface area contributed by atoms with Crippen LogP contribution < -0.4 is 0 Å². The molecule has 0 aliphatic rings. The van der Waals surface area contributed by atoms with E-state index >= 15 is 0 Å². The van der Waals surface area contributed by atoms with E-state index in [9.17, 15) is 5.11 Å². The van der Waals surface area contributed by atoms with Crippen molar-refractivity contribution in [1.29, 1.82) is 5.26 Å². The molecule has 23 heavy (non-hydrogen) atoms. The molecule has 0 saturated heterocycles. The Morgan fingerprint density at radius 1 is 1.13 bits per heavy atom. The van der Waals surface area contributed by atoms with Crippen molar-refractivity contribution in [2.24, 2.45) is 0 Å². The van der Waals surface area contributed by atoms with Crippen LogP contribution in [-0.4, -0.2) is 36.8 Å². The lowest BCUT2D eigenvalue weighted by Gasteiger charge is -2.25. The first-order chi connectivity index (χ1) is 11.2. The number of aliphatic hydroxyl groups excluding tert-OH is 1. The largest absolute Gasteiger partial charge is 0.387 e. The Kier molecular flexibility index (Phi) is 6.76. The molecule has 0 fully saturated rings. The minimum Gasteiger partial charge on any atom is -0.387 e. The molecular weight excluding hydrogens is 288 g/mol. The van der Waals surface area contributed by atoms with Crippen molar-refractivity contribution in [3.05, 3.63) is 71.3 Å². The number of nitrogens with zero attached hydrogens (tertiary/aromatic N) is 2. The van der Waals surface area contributed by atoms with E-state index in [2.05, 4.69) is 11.0 Å². The monoisotopic (exact) mass is 310 g/mol. The maximum atomic E-state index is 10.4. The van der Waals surface area contributed by atoms with Crippen LogP contribution in [0.2, 0.25) is 0 Å². The lowest BCUT2D eigenvalue weighted by molar-refractivity contribution is 0.0849. The van der Waals surface area contributed by atoms with Gasteiger partial charge in [-0.15, -0.1) is 0 Å². The molecule has 120 valence electrons. The van der Waals surface area contributed by atoms with Crippen LogP contribution in [0.5, 0.6) is 0 Å². The summed E-state index contributed by atoms with van der Waals surface area (Å²) in [5.41, 5.74) is 2.68. The zero-order valence-corrected chi connectivity index (χ0v) is 13.4. The first kappa shape index (κ1) is 17.2. The van der Waals surface area contributed by atoms with Gasteiger partial charge in [-0.3, -0.25) is 4.90 Å². The van der Waals surface area contributed by atoms with Gasteiger partial charge in [-0.1, -0.05) is 42.5 Å². The van der Waals surface area contributed by atoms with Gasteiger partial charge < -0.3 is 9.84 Å². The van der Waals surface area contributed by atoms with Crippen LogP contribution in [0.3, 0.4) is 0 Å². The van der Waals surface area contributed by atoms with Crippen molar-refractivity contribution in [3.8, 4) is 6.07 Å². The standard InChI is InChI=1S/C19H22N2O2/c1-23-12-11-21(14-17-9-7-16(13-20)8-10-17)15-19(22)18-5-3-2-4-6-18/h2-10,19,22H,11-12,14-15H2,1H3. The number of hydrogen-bond donors (Lipinski definition) is 1. The molecular formula is C19H22N2O2. The van der Waals surface area contributed by atoms with Gasteiger partial charge in [-0.05, 0) is 23.3 Å². The zero-order chi connectivity index (χ0) is 16.5. The molecule has 0 bridgehead atoms. The molecule has 2 aromatic carbocycles.